The van der Waals surface area contributed by atoms with E-state index in [4.69, 9.17) is 0 Å². The summed E-state index contributed by atoms with van der Waals surface area (Å²) in [6, 6.07) is 11.1. The van der Waals surface area contributed by atoms with Gasteiger partial charge in [0.15, 0.2) is 5.13 Å². The first-order valence-corrected chi connectivity index (χ1v) is 12.5. The number of aryl methyl sites for hydroxylation is 1. The third kappa shape index (κ3) is 3.64. The van der Waals surface area contributed by atoms with Gasteiger partial charge in [-0.15, -0.1) is 0 Å². The zero-order chi connectivity index (χ0) is 19.9. The van der Waals surface area contributed by atoms with Crippen LogP contribution in [0.25, 0.3) is 10.2 Å². The molecular formula is C18H19N3O4S3. The van der Waals surface area contributed by atoms with Gasteiger partial charge in [-0.05, 0) is 55.7 Å². The van der Waals surface area contributed by atoms with Crippen LogP contribution in [0, 0.1) is 6.92 Å². The Hall–Kier alpha value is -2.01. The van der Waals surface area contributed by atoms with Crippen molar-refractivity contribution >= 4 is 46.7 Å². The summed E-state index contributed by atoms with van der Waals surface area (Å²) < 4.78 is 55.8. The van der Waals surface area contributed by atoms with Gasteiger partial charge >= 0.3 is 0 Å². The van der Waals surface area contributed by atoms with Crippen molar-refractivity contribution in [1.82, 2.24) is 9.29 Å². The van der Waals surface area contributed by atoms with Crippen LogP contribution in [0.2, 0.25) is 0 Å². The molecule has 0 radical (unpaired) electrons. The van der Waals surface area contributed by atoms with E-state index in [1.807, 2.05) is 25.1 Å². The molecule has 2 aromatic carbocycles. The zero-order valence-electron chi connectivity index (χ0n) is 15.1. The topological polar surface area (TPSA) is 96.4 Å². The van der Waals surface area contributed by atoms with Crippen LogP contribution in [-0.2, 0) is 20.0 Å². The van der Waals surface area contributed by atoms with Crippen LogP contribution < -0.4 is 4.72 Å². The molecule has 10 heteroatoms. The summed E-state index contributed by atoms with van der Waals surface area (Å²) in [4.78, 5) is 4.18. The van der Waals surface area contributed by atoms with E-state index in [9.17, 15) is 16.8 Å². The number of sulfonamides is 2. The minimum absolute atomic E-state index is 0.0165. The third-order valence-electron chi connectivity index (χ3n) is 4.58. The van der Waals surface area contributed by atoms with Crippen LogP contribution in [-0.4, -0.2) is 39.2 Å². The molecule has 0 saturated carbocycles. The molecule has 7 nitrogen and oxygen atoms in total. The molecule has 0 aliphatic carbocycles. The normalized spacial score (nSPS) is 15.9. The molecule has 1 aliphatic heterocycles. The van der Waals surface area contributed by atoms with Crippen LogP contribution in [0.3, 0.4) is 0 Å². The molecule has 2 heterocycles. The highest BCUT2D eigenvalue weighted by atomic mass is 32.2. The number of fused-ring (bicyclic) bond motifs is 1. The van der Waals surface area contributed by atoms with Gasteiger partial charge in [0, 0.05) is 13.1 Å². The highest BCUT2D eigenvalue weighted by molar-refractivity contribution is 7.93. The van der Waals surface area contributed by atoms with E-state index in [-0.39, 0.29) is 14.9 Å². The lowest BCUT2D eigenvalue weighted by Crippen LogP contribution is -2.28. The summed E-state index contributed by atoms with van der Waals surface area (Å²) in [5.41, 5.74) is 1.77. The van der Waals surface area contributed by atoms with Gasteiger partial charge < -0.3 is 0 Å². The molecule has 4 rings (SSSR count). The van der Waals surface area contributed by atoms with Gasteiger partial charge in [-0.2, -0.15) is 4.31 Å². The first-order chi connectivity index (χ1) is 13.3. The zero-order valence-corrected chi connectivity index (χ0v) is 17.6. The molecule has 148 valence electrons. The van der Waals surface area contributed by atoms with Crippen molar-refractivity contribution < 1.29 is 16.8 Å². The Morgan fingerprint density at radius 2 is 1.71 bits per heavy atom. The number of hydrogen-bond donors (Lipinski definition) is 1. The standard InChI is InChI=1S/C18H19N3O4S3/c1-13-7-8-16-17(11-13)26-18(19-16)20-27(22,23)14-5-4-6-15(12-14)28(24,25)21-9-2-3-10-21/h4-8,11-12H,2-3,9-10H2,1H3,(H,19,20). The molecule has 1 N–H and O–H groups in total. The summed E-state index contributed by atoms with van der Waals surface area (Å²) in [7, 11) is -7.65. The second kappa shape index (κ2) is 7.11. The van der Waals surface area contributed by atoms with E-state index < -0.39 is 20.0 Å². The molecule has 1 aromatic heterocycles. The number of nitrogens with one attached hydrogen (secondary N) is 1. The van der Waals surface area contributed by atoms with E-state index in [1.54, 1.807) is 0 Å². The van der Waals surface area contributed by atoms with Gasteiger partial charge in [0.25, 0.3) is 10.0 Å². The molecule has 3 aromatic rings. The Morgan fingerprint density at radius 1 is 1.00 bits per heavy atom. The maximum absolute atomic E-state index is 12.8. The Kier molecular flexibility index (Phi) is 4.90. The second-order valence-corrected chi connectivity index (χ2v) is 11.3. The number of rotatable bonds is 5. The molecule has 28 heavy (non-hydrogen) atoms. The summed E-state index contributed by atoms with van der Waals surface area (Å²) in [6.07, 6.45) is 1.63. The first kappa shape index (κ1) is 19.3. The average molecular weight is 438 g/mol. The van der Waals surface area contributed by atoms with Crippen molar-refractivity contribution in [2.45, 2.75) is 29.6 Å². The van der Waals surface area contributed by atoms with Gasteiger partial charge in [0.05, 0.1) is 20.0 Å². The Balaban J connectivity index is 1.65. The lowest BCUT2D eigenvalue weighted by Gasteiger charge is -2.16. The molecule has 0 amide bonds. The number of nitrogens with zero attached hydrogens (tertiary/aromatic N) is 2. The minimum Gasteiger partial charge on any atom is -0.255 e. The van der Waals surface area contributed by atoms with Crippen molar-refractivity contribution in [2.75, 3.05) is 17.8 Å². The molecule has 1 fully saturated rings. The predicted octanol–water partition coefficient (Wildman–Crippen LogP) is 3.19. The van der Waals surface area contributed by atoms with Crippen molar-refractivity contribution in [2.24, 2.45) is 0 Å². The molecule has 0 atom stereocenters. The van der Waals surface area contributed by atoms with Crippen LogP contribution in [0.1, 0.15) is 18.4 Å². The van der Waals surface area contributed by atoms with Crippen molar-refractivity contribution in [3.8, 4) is 0 Å². The summed E-state index contributed by atoms with van der Waals surface area (Å²) in [5.74, 6) is 0. The summed E-state index contributed by atoms with van der Waals surface area (Å²) >= 11 is 1.24. The van der Waals surface area contributed by atoms with Crippen LogP contribution >= 0.6 is 11.3 Å². The lowest BCUT2D eigenvalue weighted by atomic mass is 10.2. The summed E-state index contributed by atoms with van der Waals surface area (Å²) in [5, 5.41) is 0.244. The minimum atomic E-state index is -3.96. The smallest absolute Gasteiger partial charge is 0.255 e. The Bertz CT molecular complexity index is 1240. The van der Waals surface area contributed by atoms with Gasteiger partial charge in [0.2, 0.25) is 10.0 Å². The largest absolute Gasteiger partial charge is 0.263 e. The Morgan fingerprint density at radius 3 is 2.46 bits per heavy atom. The number of thiazole rings is 1. The molecular weight excluding hydrogens is 418 g/mol. The number of benzene rings is 2. The number of aromatic nitrogens is 1. The van der Waals surface area contributed by atoms with E-state index in [0.29, 0.717) is 18.6 Å². The second-order valence-electron chi connectivity index (χ2n) is 6.68. The quantitative estimate of drug-likeness (QED) is 0.661. The molecule has 1 saturated heterocycles. The van der Waals surface area contributed by atoms with Crippen molar-refractivity contribution in [3.63, 3.8) is 0 Å². The van der Waals surface area contributed by atoms with Gasteiger partial charge in [-0.1, -0.05) is 23.5 Å². The lowest BCUT2D eigenvalue weighted by molar-refractivity contribution is 0.477. The van der Waals surface area contributed by atoms with Crippen LogP contribution in [0.15, 0.2) is 52.3 Å². The van der Waals surface area contributed by atoms with Gasteiger partial charge in [-0.25, -0.2) is 21.8 Å². The number of hydrogen-bond acceptors (Lipinski definition) is 6. The summed E-state index contributed by atoms with van der Waals surface area (Å²) in [6.45, 7) is 2.88. The maximum Gasteiger partial charge on any atom is 0.263 e. The predicted molar refractivity (Wildman–Crippen MR) is 110 cm³/mol. The fraction of sp³-hybridized carbons (Fsp3) is 0.278. The fourth-order valence-corrected chi connectivity index (χ4v) is 7.01. The highest BCUT2D eigenvalue weighted by Gasteiger charge is 2.28. The average Bonchev–Trinajstić information content (AvgIpc) is 3.31. The van der Waals surface area contributed by atoms with E-state index in [0.717, 1.165) is 23.1 Å². The van der Waals surface area contributed by atoms with E-state index in [1.165, 1.54) is 39.9 Å². The van der Waals surface area contributed by atoms with E-state index in [2.05, 4.69) is 9.71 Å². The molecule has 1 aliphatic rings. The monoisotopic (exact) mass is 437 g/mol. The van der Waals surface area contributed by atoms with Gasteiger partial charge in [-0.3, -0.25) is 4.72 Å². The fourth-order valence-electron chi connectivity index (χ4n) is 3.13. The Labute approximate surface area is 168 Å². The molecule has 0 spiro atoms. The highest BCUT2D eigenvalue weighted by Crippen LogP contribution is 2.29. The number of anilines is 1. The van der Waals surface area contributed by atoms with Crippen molar-refractivity contribution in [3.05, 3.63) is 48.0 Å². The molecule has 0 unspecified atom stereocenters. The van der Waals surface area contributed by atoms with Gasteiger partial charge in [0.1, 0.15) is 0 Å². The molecule has 0 bridgehead atoms. The van der Waals surface area contributed by atoms with Crippen LogP contribution in [0.5, 0.6) is 0 Å². The maximum atomic E-state index is 12.8. The van der Waals surface area contributed by atoms with Crippen molar-refractivity contribution in [1.29, 1.82) is 0 Å². The first-order valence-electron chi connectivity index (χ1n) is 8.76. The van der Waals surface area contributed by atoms with Crippen LogP contribution in [0.4, 0.5) is 5.13 Å². The SMILES string of the molecule is Cc1ccc2nc(NS(=O)(=O)c3cccc(S(=O)(=O)N4CCCC4)c3)sc2c1. The van der Waals surface area contributed by atoms with E-state index >= 15 is 0 Å². The third-order valence-corrected chi connectivity index (χ3v) is 8.88.